The minimum Gasteiger partial charge on any atom is -0.392 e. The molecule has 0 aromatic rings. The first-order valence-corrected chi connectivity index (χ1v) is 6.35. The Labute approximate surface area is 98.4 Å². The summed E-state index contributed by atoms with van der Waals surface area (Å²) in [5.74, 6) is 0. The predicted octanol–water partition coefficient (Wildman–Crippen LogP) is -2.13. The van der Waals surface area contributed by atoms with E-state index >= 15 is 0 Å². The molecule has 5 unspecified atom stereocenters. The monoisotopic (exact) mass is 253 g/mol. The molecule has 0 aromatic carbocycles. The van der Waals surface area contributed by atoms with Crippen molar-refractivity contribution < 1.29 is 25.2 Å². The standard InChI is InChI=1S/C9H19NO5S/c1-3(11)4(10)8-6(13)5(12)7(14)9(15-8)16-2/h3-9,11-14H,10H2,1-2H3/t3-,4-,5?,6?,7?,8?,9?/m1/s1. The van der Waals surface area contributed by atoms with Crippen LogP contribution in [0.3, 0.4) is 0 Å². The average molecular weight is 253 g/mol. The van der Waals surface area contributed by atoms with Crippen molar-refractivity contribution in [3.8, 4) is 0 Å². The summed E-state index contributed by atoms with van der Waals surface area (Å²) in [5, 5.41) is 38.2. The van der Waals surface area contributed by atoms with Gasteiger partial charge in [0.1, 0.15) is 29.9 Å². The van der Waals surface area contributed by atoms with Crippen LogP contribution >= 0.6 is 11.8 Å². The molecular weight excluding hydrogens is 234 g/mol. The first-order chi connectivity index (χ1) is 7.40. The zero-order valence-corrected chi connectivity index (χ0v) is 10.0. The third-order valence-electron chi connectivity index (χ3n) is 2.78. The number of hydrogen-bond acceptors (Lipinski definition) is 7. The molecule has 6 N–H and O–H groups in total. The summed E-state index contributed by atoms with van der Waals surface area (Å²) in [7, 11) is 0. The van der Waals surface area contributed by atoms with Gasteiger partial charge in [-0.05, 0) is 13.2 Å². The lowest BCUT2D eigenvalue weighted by atomic mass is 9.93. The van der Waals surface area contributed by atoms with Gasteiger partial charge in [-0.3, -0.25) is 0 Å². The van der Waals surface area contributed by atoms with Gasteiger partial charge in [0.2, 0.25) is 0 Å². The second-order valence-electron chi connectivity index (χ2n) is 3.99. The van der Waals surface area contributed by atoms with E-state index in [1.807, 2.05) is 0 Å². The fourth-order valence-corrected chi connectivity index (χ4v) is 2.34. The first kappa shape index (κ1) is 14.2. The average Bonchev–Trinajstić information content (AvgIpc) is 2.25. The molecule has 16 heavy (non-hydrogen) atoms. The molecule has 96 valence electrons. The van der Waals surface area contributed by atoms with Crippen LogP contribution in [0.15, 0.2) is 0 Å². The van der Waals surface area contributed by atoms with Gasteiger partial charge in [-0.15, -0.1) is 11.8 Å². The van der Waals surface area contributed by atoms with Crippen molar-refractivity contribution in [2.45, 2.75) is 48.9 Å². The molecule has 0 aliphatic carbocycles. The zero-order chi connectivity index (χ0) is 12.5. The van der Waals surface area contributed by atoms with Crippen LogP contribution in [0.25, 0.3) is 0 Å². The summed E-state index contributed by atoms with van der Waals surface area (Å²) in [6.45, 7) is 1.48. The fourth-order valence-electron chi connectivity index (χ4n) is 1.66. The molecule has 0 saturated carbocycles. The Morgan fingerprint density at radius 2 is 1.75 bits per heavy atom. The molecular formula is C9H19NO5S. The molecule has 1 heterocycles. The van der Waals surface area contributed by atoms with E-state index in [9.17, 15) is 20.4 Å². The largest absolute Gasteiger partial charge is 0.392 e. The summed E-state index contributed by atoms with van der Waals surface area (Å²) in [6, 6.07) is -0.813. The summed E-state index contributed by atoms with van der Waals surface area (Å²) in [5.41, 5.74) is 5.01. The highest BCUT2D eigenvalue weighted by molar-refractivity contribution is 7.99. The second-order valence-corrected chi connectivity index (χ2v) is 4.93. The number of aliphatic hydroxyl groups is 4. The third-order valence-corrected chi connectivity index (χ3v) is 3.63. The molecule has 0 aromatic heterocycles. The molecule has 0 amide bonds. The summed E-state index contributed by atoms with van der Waals surface area (Å²) >= 11 is 1.21. The van der Waals surface area contributed by atoms with Crippen molar-refractivity contribution in [3.05, 3.63) is 0 Å². The Bertz CT molecular complexity index is 228. The van der Waals surface area contributed by atoms with Gasteiger partial charge >= 0.3 is 0 Å². The van der Waals surface area contributed by atoms with Gasteiger partial charge in [0.25, 0.3) is 0 Å². The van der Waals surface area contributed by atoms with Crippen LogP contribution in [0, 0.1) is 0 Å². The normalized spacial score (nSPS) is 44.1. The molecule has 1 aliphatic heterocycles. The number of ether oxygens (including phenoxy) is 1. The molecule has 1 aliphatic rings. The van der Waals surface area contributed by atoms with Gasteiger partial charge in [0, 0.05) is 0 Å². The summed E-state index contributed by atoms with van der Waals surface area (Å²) < 4.78 is 5.37. The van der Waals surface area contributed by atoms with E-state index in [1.165, 1.54) is 18.7 Å². The highest BCUT2D eigenvalue weighted by atomic mass is 32.2. The number of hydrogen-bond donors (Lipinski definition) is 5. The van der Waals surface area contributed by atoms with E-state index < -0.39 is 42.0 Å². The van der Waals surface area contributed by atoms with E-state index in [1.54, 1.807) is 6.26 Å². The van der Waals surface area contributed by atoms with E-state index in [0.717, 1.165) is 0 Å². The summed E-state index contributed by atoms with van der Waals surface area (Å²) in [4.78, 5) is 0. The Hall–Kier alpha value is 0.110. The number of nitrogens with two attached hydrogens (primary N) is 1. The van der Waals surface area contributed by atoms with Crippen LogP contribution in [-0.4, -0.2) is 68.7 Å². The van der Waals surface area contributed by atoms with Gasteiger partial charge in [0.15, 0.2) is 0 Å². The molecule has 0 radical (unpaired) electrons. The lowest BCUT2D eigenvalue weighted by molar-refractivity contribution is -0.207. The van der Waals surface area contributed by atoms with Gasteiger partial charge in [-0.25, -0.2) is 0 Å². The van der Waals surface area contributed by atoms with Gasteiger partial charge in [0.05, 0.1) is 12.1 Å². The molecule has 0 bridgehead atoms. The second kappa shape index (κ2) is 5.63. The Morgan fingerprint density at radius 1 is 1.19 bits per heavy atom. The van der Waals surface area contributed by atoms with E-state index in [2.05, 4.69) is 0 Å². The summed E-state index contributed by atoms with van der Waals surface area (Å²) in [6.07, 6.45) is -3.84. The van der Waals surface area contributed by atoms with Crippen LogP contribution in [0.2, 0.25) is 0 Å². The molecule has 7 heteroatoms. The predicted molar refractivity (Wildman–Crippen MR) is 59.9 cm³/mol. The van der Waals surface area contributed by atoms with Crippen LogP contribution in [0.4, 0.5) is 0 Å². The Kier molecular flexibility index (Phi) is 4.99. The first-order valence-electron chi connectivity index (χ1n) is 5.06. The SMILES string of the molecule is CSC1OC([C@H](N)[C@@H](C)O)C(O)C(O)C1O. The molecule has 7 atom stereocenters. The molecule has 0 spiro atoms. The van der Waals surface area contributed by atoms with E-state index in [0.29, 0.717) is 0 Å². The van der Waals surface area contributed by atoms with E-state index in [-0.39, 0.29) is 0 Å². The molecule has 1 saturated heterocycles. The molecule has 6 nitrogen and oxygen atoms in total. The highest BCUT2D eigenvalue weighted by Gasteiger charge is 2.46. The quantitative estimate of drug-likeness (QED) is 0.390. The lowest BCUT2D eigenvalue weighted by Crippen LogP contribution is -2.63. The maximum Gasteiger partial charge on any atom is 0.132 e. The van der Waals surface area contributed by atoms with Crippen molar-refractivity contribution >= 4 is 11.8 Å². The minimum atomic E-state index is -1.32. The van der Waals surface area contributed by atoms with Crippen LogP contribution < -0.4 is 5.73 Å². The van der Waals surface area contributed by atoms with Gasteiger partial charge in [-0.2, -0.15) is 0 Å². The van der Waals surface area contributed by atoms with Crippen LogP contribution in [0.5, 0.6) is 0 Å². The fraction of sp³-hybridized carbons (Fsp3) is 1.00. The zero-order valence-electron chi connectivity index (χ0n) is 9.22. The number of rotatable bonds is 3. The lowest BCUT2D eigenvalue weighted by Gasteiger charge is -2.42. The maximum absolute atomic E-state index is 9.71. The van der Waals surface area contributed by atoms with Gasteiger partial charge in [-0.1, -0.05) is 0 Å². The van der Waals surface area contributed by atoms with Crippen molar-refractivity contribution in [3.63, 3.8) is 0 Å². The van der Waals surface area contributed by atoms with Crippen LogP contribution in [-0.2, 0) is 4.74 Å². The van der Waals surface area contributed by atoms with Crippen molar-refractivity contribution in [2.24, 2.45) is 5.73 Å². The molecule has 1 rings (SSSR count). The minimum absolute atomic E-state index is 0.659. The van der Waals surface area contributed by atoms with Crippen molar-refractivity contribution in [1.82, 2.24) is 0 Å². The highest BCUT2D eigenvalue weighted by Crippen LogP contribution is 2.28. The van der Waals surface area contributed by atoms with Crippen molar-refractivity contribution in [1.29, 1.82) is 0 Å². The Morgan fingerprint density at radius 3 is 2.19 bits per heavy atom. The van der Waals surface area contributed by atoms with Crippen molar-refractivity contribution in [2.75, 3.05) is 6.26 Å². The third kappa shape index (κ3) is 2.67. The maximum atomic E-state index is 9.71. The van der Waals surface area contributed by atoms with E-state index in [4.69, 9.17) is 10.5 Å². The van der Waals surface area contributed by atoms with Crippen LogP contribution in [0.1, 0.15) is 6.92 Å². The Balaban J connectivity index is 2.78. The number of thioether (sulfide) groups is 1. The smallest absolute Gasteiger partial charge is 0.132 e. The molecule has 1 fully saturated rings. The number of aliphatic hydroxyl groups excluding tert-OH is 4. The van der Waals surface area contributed by atoms with Gasteiger partial charge < -0.3 is 30.9 Å². The topological polar surface area (TPSA) is 116 Å².